The first-order chi connectivity index (χ1) is 11.2. The quantitative estimate of drug-likeness (QED) is 0.493. The summed E-state index contributed by atoms with van der Waals surface area (Å²) >= 11 is 0. The molecule has 0 heterocycles. The second-order valence-electron chi connectivity index (χ2n) is 5.36. The number of carbonyl (C=O) groups excluding carboxylic acids is 1. The molecule has 0 aliphatic heterocycles. The average molecular weight is 299 g/mol. The summed E-state index contributed by atoms with van der Waals surface area (Å²) in [5.74, 6) is 0.0278. The molecule has 0 spiro atoms. The van der Waals surface area contributed by atoms with Crippen LogP contribution in [-0.2, 0) is 0 Å². The number of ketones is 1. The number of rotatable bonds is 4. The van der Waals surface area contributed by atoms with Crippen molar-refractivity contribution < 1.29 is 4.79 Å². The zero-order valence-electron chi connectivity index (χ0n) is 12.9. The van der Waals surface area contributed by atoms with Crippen molar-refractivity contribution >= 4 is 17.7 Å². The topological polar surface area (TPSA) is 29.4 Å². The lowest BCUT2D eigenvalue weighted by molar-refractivity contribution is 0.103. The van der Waals surface area contributed by atoms with Crippen molar-refractivity contribution in [3.8, 4) is 0 Å². The third kappa shape index (κ3) is 3.61. The van der Waals surface area contributed by atoms with Crippen molar-refractivity contribution in [1.29, 1.82) is 0 Å². The highest BCUT2D eigenvalue weighted by atomic mass is 16.1. The van der Waals surface area contributed by atoms with E-state index >= 15 is 0 Å². The lowest BCUT2D eigenvalue weighted by atomic mass is 10.0. The van der Waals surface area contributed by atoms with Gasteiger partial charge < -0.3 is 0 Å². The molecule has 2 heteroatoms. The van der Waals surface area contributed by atoms with Crippen molar-refractivity contribution in [2.24, 2.45) is 4.99 Å². The summed E-state index contributed by atoms with van der Waals surface area (Å²) in [6.45, 7) is 2.06. The zero-order valence-corrected chi connectivity index (χ0v) is 12.9. The van der Waals surface area contributed by atoms with Gasteiger partial charge in [0, 0.05) is 17.3 Å². The van der Waals surface area contributed by atoms with Gasteiger partial charge in [0.25, 0.3) is 0 Å². The molecule has 3 aromatic rings. The standard InChI is InChI=1S/C21H17NO/c1-16-7-5-6-10-19(16)15-22-20-13-11-18(12-14-20)21(23)17-8-3-2-4-9-17/h2-15H,1H3. The highest BCUT2D eigenvalue weighted by Gasteiger charge is 2.07. The van der Waals surface area contributed by atoms with Crippen LogP contribution in [0.4, 0.5) is 5.69 Å². The molecule has 0 bridgehead atoms. The van der Waals surface area contributed by atoms with Crippen LogP contribution in [0.5, 0.6) is 0 Å². The molecule has 0 saturated heterocycles. The van der Waals surface area contributed by atoms with E-state index in [0.29, 0.717) is 11.1 Å². The Kier molecular flexibility index (Phi) is 4.44. The minimum Gasteiger partial charge on any atom is -0.289 e. The minimum absolute atomic E-state index is 0.0278. The van der Waals surface area contributed by atoms with E-state index in [4.69, 9.17) is 0 Å². The first kappa shape index (κ1) is 14.9. The third-order valence-electron chi connectivity index (χ3n) is 3.71. The molecule has 3 rings (SSSR count). The highest BCUT2D eigenvalue weighted by Crippen LogP contribution is 2.16. The first-order valence-electron chi connectivity index (χ1n) is 7.53. The van der Waals surface area contributed by atoms with Crippen LogP contribution in [0, 0.1) is 6.92 Å². The van der Waals surface area contributed by atoms with Crippen molar-refractivity contribution in [1.82, 2.24) is 0 Å². The molecule has 3 aromatic carbocycles. The van der Waals surface area contributed by atoms with E-state index in [1.165, 1.54) is 5.56 Å². The van der Waals surface area contributed by atoms with Gasteiger partial charge >= 0.3 is 0 Å². The van der Waals surface area contributed by atoms with E-state index in [1.807, 2.05) is 79.0 Å². The van der Waals surface area contributed by atoms with Crippen LogP contribution in [0.2, 0.25) is 0 Å². The monoisotopic (exact) mass is 299 g/mol. The molecule has 0 amide bonds. The second kappa shape index (κ2) is 6.84. The minimum atomic E-state index is 0.0278. The third-order valence-corrected chi connectivity index (χ3v) is 3.71. The van der Waals surface area contributed by atoms with Gasteiger partial charge in [0.15, 0.2) is 5.78 Å². The predicted octanol–water partition coefficient (Wildman–Crippen LogP) is 4.98. The molecule has 0 unspecified atom stereocenters. The largest absolute Gasteiger partial charge is 0.289 e. The summed E-state index contributed by atoms with van der Waals surface area (Å²) in [7, 11) is 0. The van der Waals surface area contributed by atoms with E-state index in [9.17, 15) is 4.79 Å². The Morgan fingerprint density at radius 3 is 2.09 bits per heavy atom. The number of carbonyl (C=O) groups is 1. The molecule has 0 fully saturated rings. The lowest BCUT2D eigenvalue weighted by Crippen LogP contribution is -2.00. The van der Waals surface area contributed by atoms with Gasteiger partial charge in [0.1, 0.15) is 0 Å². The van der Waals surface area contributed by atoms with Crippen molar-refractivity contribution in [3.05, 3.63) is 101 Å². The van der Waals surface area contributed by atoms with E-state index in [1.54, 1.807) is 0 Å². The molecule has 23 heavy (non-hydrogen) atoms. The van der Waals surface area contributed by atoms with Gasteiger partial charge in [-0.05, 0) is 42.3 Å². The molecule has 0 aliphatic rings. The molecule has 112 valence electrons. The smallest absolute Gasteiger partial charge is 0.193 e. The Hall–Kier alpha value is -3.00. The second-order valence-corrected chi connectivity index (χ2v) is 5.36. The highest BCUT2D eigenvalue weighted by molar-refractivity contribution is 6.09. The van der Waals surface area contributed by atoms with Gasteiger partial charge in [-0.1, -0.05) is 54.6 Å². The Morgan fingerprint density at radius 2 is 1.39 bits per heavy atom. The Morgan fingerprint density at radius 1 is 0.783 bits per heavy atom. The SMILES string of the molecule is Cc1ccccc1C=Nc1ccc(C(=O)c2ccccc2)cc1. The van der Waals surface area contributed by atoms with Crippen molar-refractivity contribution in [2.45, 2.75) is 6.92 Å². The molecule has 0 aromatic heterocycles. The fraction of sp³-hybridized carbons (Fsp3) is 0.0476. The molecule has 0 atom stereocenters. The van der Waals surface area contributed by atoms with Crippen LogP contribution in [0.15, 0.2) is 83.9 Å². The lowest BCUT2D eigenvalue weighted by Gasteiger charge is -2.02. The van der Waals surface area contributed by atoms with Gasteiger partial charge in [0.2, 0.25) is 0 Å². The molecule has 2 nitrogen and oxygen atoms in total. The number of hydrogen-bond donors (Lipinski definition) is 0. The summed E-state index contributed by atoms with van der Waals surface area (Å²) in [6, 6.07) is 24.8. The van der Waals surface area contributed by atoms with Crippen LogP contribution >= 0.6 is 0 Å². The number of nitrogens with zero attached hydrogens (tertiary/aromatic N) is 1. The van der Waals surface area contributed by atoms with Gasteiger partial charge in [-0.15, -0.1) is 0 Å². The summed E-state index contributed by atoms with van der Waals surface area (Å²) in [5, 5.41) is 0. The molecule has 0 aliphatic carbocycles. The fourth-order valence-electron chi connectivity index (χ4n) is 2.33. The van der Waals surface area contributed by atoms with E-state index in [-0.39, 0.29) is 5.78 Å². The van der Waals surface area contributed by atoms with Gasteiger partial charge in [-0.2, -0.15) is 0 Å². The van der Waals surface area contributed by atoms with Gasteiger partial charge in [-0.3, -0.25) is 9.79 Å². The van der Waals surface area contributed by atoms with Crippen molar-refractivity contribution in [2.75, 3.05) is 0 Å². The van der Waals surface area contributed by atoms with E-state index in [0.717, 1.165) is 11.3 Å². The fourth-order valence-corrected chi connectivity index (χ4v) is 2.33. The zero-order chi connectivity index (χ0) is 16.1. The van der Waals surface area contributed by atoms with Crippen LogP contribution in [0.3, 0.4) is 0 Å². The van der Waals surface area contributed by atoms with Crippen LogP contribution in [0.1, 0.15) is 27.0 Å². The van der Waals surface area contributed by atoms with Crippen LogP contribution in [-0.4, -0.2) is 12.0 Å². The molecule has 0 saturated carbocycles. The predicted molar refractivity (Wildman–Crippen MR) is 94.7 cm³/mol. The summed E-state index contributed by atoms with van der Waals surface area (Å²) in [5.41, 5.74) is 4.48. The van der Waals surface area contributed by atoms with Crippen LogP contribution in [0.25, 0.3) is 0 Å². The number of aryl methyl sites for hydroxylation is 1. The van der Waals surface area contributed by atoms with Gasteiger partial charge in [-0.25, -0.2) is 0 Å². The summed E-state index contributed by atoms with van der Waals surface area (Å²) in [6.07, 6.45) is 1.85. The van der Waals surface area contributed by atoms with Gasteiger partial charge in [0.05, 0.1) is 5.69 Å². The molecular formula is C21H17NO. The van der Waals surface area contributed by atoms with E-state index in [2.05, 4.69) is 18.0 Å². The maximum absolute atomic E-state index is 12.3. The summed E-state index contributed by atoms with van der Waals surface area (Å²) < 4.78 is 0. The molecular weight excluding hydrogens is 282 g/mol. The summed E-state index contributed by atoms with van der Waals surface area (Å²) in [4.78, 5) is 16.8. The molecule has 0 radical (unpaired) electrons. The molecule has 0 N–H and O–H groups in total. The average Bonchev–Trinajstić information content (AvgIpc) is 2.62. The van der Waals surface area contributed by atoms with Crippen molar-refractivity contribution in [3.63, 3.8) is 0 Å². The Labute approximate surface area is 136 Å². The number of hydrogen-bond acceptors (Lipinski definition) is 2. The number of benzene rings is 3. The number of aliphatic imine (C=N–C) groups is 1. The Bertz CT molecular complexity index is 833. The van der Waals surface area contributed by atoms with E-state index < -0.39 is 0 Å². The maximum Gasteiger partial charge on any atom is 0.193 e. The normalized spacial score (nSPS) is 10.8. The maximum atomic E-state index is 12.3. The first-order valence-corrected chi connectivity index (χ1v) is 7.53. The Balaban J connectivity index is 1.78. The van der Waals surface area contributed by atoms with Crippen LogP contribution < -0.4 is 0 Å².